The molecule has 1 aromatic heterocycles. The van der Waals surface area contributed by atoms with Crippen LogP contribution in [0.25, 0.3) is 0 Å². The molecule has 7 heteroatoms. The van der Waals surface area contributed by atoms with Crippen molar-refractivity contribution in [2.75, 3.05) is 6.54 Å². The smallest absolute Gasteiger partial charge is 0.315 e. The van der Waals surface area contributed by atoms with Gasteiger partial charge < -0.3 is 15.7 Å². The second-order valence-electron chi connectivity index (χ2n) is 5.42. The first-order chi connectivity index (χ1) is 11.5. The fourth-order valence-corrected chi connectivity index (χ4v) is 2.19. The molecular weight excluding hydrogens is 316 g/mol. The summed E-state index contributed by atoms with van der Waals surface area (Å²) in [6.07, 6.45) is 2.87. The van der Waals surface area contributed by atoms with Gasteiger partial charge in [-0.25, -0.2) is 13.6 Å². The number of urea groups is 1. The van der Waals surface area contributed by atoms with E-state index in [1.165, 1.54) is 6.07 Å². The lowest BCUT2D eigenvalue weighted by Gasteiger charge is -2.21. The summed E-state index contributed by atoms with van der Waals surface area (Å²) in [5, 5.41) is 15.3. The Hall–Kier alpha value is -2.54. The second kappa shape index (κ2) is 8.35. The number of carbonyl (C=O) groups excluding carboxylic acids is 1. The molecule has 3 N–H and O–H groups in total. The van der Waals surface area contributed by atoms with Crippen LogP contribution in [0.5, 0.6) is 0 Å². The van der Waals surface area contributed by atoms with Gasteiger partial charge in [-0.3, -0.25) is 4.98 Å². The molecule has 2 unspecified atom stereocenters. The van der Waals surface area contributed by atoms with Crippen molar-refractivity contribution in [3.8, 4) is 0 Å². The van der Waals surface area contributed by atoms with Crippen LogP contribution < -0.4 is 10.6 Å². The van der Waals surface area contributed by atoms with Gasteiger partial charge in [0.2, 0.25) is 0 Å². The summed E-state index contributed by atoms with van der Waals surface area (Å²) in [6, 6.07) is 5.73. The summed E-state index contributed by atoms with van der Waals surface area (Å²) >= 11 is 0. The maximum Gasteiger partial charge on any atom is 0.315 e. The fraction of sp³-hybridized carbons (Fsp3) is 0.294. The Bertz CT molecular complexity index is 683. The molecule has 2 aromatic rings. The summed E-state index contributed by atoms with van der Waals surface area (Å²) in [5.41, 5.74) is 1.18. The SMILES string of the molecule is CC(NC(=O)NCCc1cccnc1)C(O)c1ccc(F)c(F)c1. The van der Waals surface area contributed by atoms with E-state index >= 15 is 0 Å². The van der Waals surface area contributed by atoms with Gasteiger partial charge in [-0.15, -0.1) is 0 Å². The van der Waals surface area contributed by atoms with Gasteiger partial charge in [0.05, 0.1) is 12.1 Å². The maximum absolute atomic E-state index is 13.2. The zero-order valence-electron chi connectivity index (χ0n) is 13.2. The number of hydrogen-bond donors (Lipinski definition) is 3. The van der Waals surface area contributed by atoms with Gasteiger partial charge in [0.25, 0.3) is 0 Å². The summed E-state index contributed by atoms with van der Waals surface area (Å²) < 4.78 is 26.1. The second-order valence-corrected chi connectivity index (χ2v) is 5.42. The fourth-order valence-electron chi connectivity index (χ4n) is 2.19. The monoisotopic (exact) mass is 335 g/mol. The summed E-state index contributed by atoms with van der Waals surface area (Å²) in [4.78, 5) is 15.8. The van der Waals surface area contributed by atoms with Crippen LogP contribution in [-0.4, -0.2) is 28.7 Å². The molecule has 2 amide bonds. The molecule has 5 nitrogen and oxygen atoms in total. The topological polar surface area (TPSA) is 74.2 Å². The molecule has 0 bridgehead atoms. The van der Waals surface area contributed by atoms with Gasteiger partial charge in [-0.05, 0) is 42.7 Å². The first-order valence-corrected chi connectivity index (χ1v) is 7.53. The summed E-state index contributed by atoms with van der Waals surface area (Å²) in [5.74, 6) is -2.03. The third-order valence-electron chi connectivity index (χ3n) is 3.54. The van der Waals surface area contributed by atoms with E-state index in [1.807, 2.05) is 12.1 Å². The molecule has 0 saturated carbocycles. The summed E-state index contributed by atoms with van der Waals surface area (Å²) in [7, 11) is 0. The molecule has 0 saturated heterocycles. The summed E-state index contributed by atoms with van der Waals surface area (Å²) in [6.45, 7) is 1.98. The molecule has 0 fully saturated rings. The van der Waals surface area contributed by atoms with E-state index in [9.17, 15) is 18.7 Å². The van der Waals surface area contributed by atoms with Crippen LogP contribution in [0.15, 0.2) is 42.7 Å². The molecule has 1 heterocycles. The average Bonchev–Trinajstić information content (AvgIpc) is 2.57. The van der Waals surface area contributed by atoms with Gasteiger partial charge in [-0.2, -0.15) is 0 Å². The normalized spacial score (nSPS) is 13.2. The van der Waals surface area contributed by atoms with Crippen molar-refractivity contribution in [2.45, 2.75) is 25.5 Å². The number of aromatic nitrogens is 1. The molecule has 2 rings (SSSR count). The highest BCUT2D eigenvalue weighted by molar-refractivity contribution is 5.74. The number of aliphatic hydroxyl groups excluding tert-OH is 1. The molecule has 0 aliphatic rings. The number of amides is 2. The van der Waals surface area contributed by atoms with Crippen LogP contribution in [-0.2, 0) is 6.42 Å². The van der Waals surface area contributed by atoms with E-state index in [0.717, 1.165) is 17.7 Å². The van der Waals surface area contributed by atoms with Crippen molar-refractivity contribution >= 4 is 6.03 Å². The van der Waals surface area contributed by atoms with E-state index in [1.54, 1.807) is 19.3 Å². The van der Waals surface area contributed by atoms with E-state index in [2.05, 4.69) is 15.6 Å². The number of rotatable bonds is 6. The van der Waals surface area contributed by atoms with Crippen LogP contribution in [0, 0.1) is 11.6 Å². The van der Waals surface area contributed by atoms with Gasteiger partial charge in [0.1, 0.15) is 0 Å². The van der Waals surface area contributed by atoms with Crippen LogP contribution >= 0.6 is 0 Å². The van der Waals surface area contributed by atoms with Crippen molar-refractivity contribution in [1.82, 2.24) is 15.6 Å². The van der Waals surface area contributed by atoms with E-state index in [-0.39, 0.29) is 5.56 Å². The number of benzene rings is 1. The standard InChI is InChI=1S/C17H19F2N3O2/c1-11(16(23)13-4-5-14(18)15(19)9-13)22-17(24)21-8-6-12-3-2-7-20-10-12/h2-5,7,9-11,16,23H,6,8H2,1H3,(H2,21,22,24). The number of hydrogen-bond acceptors (Lipinski definition) is 3. The highest BCUT2D eigenvalue weighted by Gasteiger charge is 2.19. The molecule has 1 aromatic carbocycles. The largest absolute Gasteiger partial charge is 0.386 e. The minimum Gasteiger partial charge on any atom is -0.386 e. The quantitative estimate of drug-likeness (QED) is 0.758. The van der Waals surface area contributed by atoms with Crippen molar-refractivity contribution in [1.29, 1.82) is 0 Å². The Morgan fingerprint density at radius 2 is 2.08 bits per heavy atom. The number of carbonyl (C=O) groups is 1. The third kappa shape index (κ3) is 4.99. The van der Waals surface area contributed by atoms with Crippen molar-refractivity contribution in [3.63, 3.8) is 0 Å². The number of pyridine rings is 1. The molecule has 2 atom stereocenters. The molecule has 24 heavy (non-hydrogen) atoms. The Balaban J connectivity index is 1.81. The van der Waals surface area contributed by atoms with E-state index in [4.69, 9.17) is 0 Å². The number of nitrogens with one attached hydrogen (secondary N) is 2. The van der Waals surface area contributed by atoms with Gasteiger partial charge in [-0.1, -0.05) is 12.1 Å². The van der Waals surface area contributed by atoms with Gasteiger partial charge >= 0.3 is 6.03 Å². The Morgan fingerprint density at radius 3 is 2.75 bits per heavy atom. The predicted octanol–water partition coefficient (Wildman–Crippen LogP) is 2.32. The van der Waals surface area contributed by atoms with E-state index < -0.39 is 29.8 Å². The number of halogens is 2. The zero-order valence-corrected chi connectivity index (χ0v) is 13.2. The molecule has 0 aliphatic carbocycles. The van der Waals surface area contributed by atoms with Crippen LogP contribution in [0.3, 0.4) is 0 Å². The first kappa shape index (κ1) is 17.8. The molecule has 0 radical (unpaired) electrons. The lowest BCUT2D eigenvalue weighted by molar-refractivity contribution is 0.137. The van der Waals surface area contributed by atoms with Crippen molar-refractivity contribution in [3.05, 3.63) is 65.5 Å². The van der Waals surface area contributed by atoms with Crippen molar-refractivity contribution in [2.24, 2.45) is 0 Å². The Kier molecular flexibility index (Phi) is 6.20. The predicted molar refractivity (Wildman–Crippen MR) is 85.3 cm³/mol. The average molecular weight is 335 g/mol. The van der Waals surface area contributed by atoms with Crippen LogP contribution in [0.2, 0.25) is 0 Å². The number of nitrogens with zero attached hydrogens (tertiary/aromatic N) is 1. The van der Waals surface area contributed by atoms with Crippen LogP contribution in [0.4, 0.5) is 13.6 Å². The highest BCUT2D eigenvalue weighted by Crippen LogP contribution is 2.19. The number of aliphatic hydroxyl groups is 1. The molecule has 0 spiro atoms. The molecule has 0 aliphatic heterocycles. The maximum atomic E-state index is 13.2. The molecule has 128 valence electrons. The van der Waals surface area contributed by atoms with Crippen LogP contribution in [0.1, 0.15) is 24.2 Å². The Labute approximate surface area is 138 Å². The highest BCUT2D eigenvalue weighted by atomic mass is 19.2. The minimum atomic E-state index is -1.15. The van der Waals surface area contributed by atoms with Gasteiger partial charge in [0, 0.05) is 18.9 Å². The third-order valence-corrected chi connectivity index (χ3v) is 3.54. The lowest BCUT2D eigenvalue weighted by atomic mass is 10.0. The van der Waals surface area contributed by atoms with E-state index in [0.29, 0.717) is 13.0 Å². The Morgan fingerprint density at radius 1 is 1.29 bits per heavy atom. The minimum absolute atomic E-state index is 0.192. The van der Waals surface area contributed by atoms with Crippen molar-refractivity contribution < 1.29 is 18.7 Å². The lowest BCUT2D eigenvalue weighted by Crippen LogP contribution is -2.44. The molecular formula is C17H19F2N3O2. The zero-order chi connectivity index (χ0) is 17.5. The van der Waals surface area contributed by atoms with Gasteiger partial charge in [0.15, 0.2) is 11.6 Å². The first-order valence-electron chi connectivity index (χ1n) is 7.53.